The SMILES string of the molecule is Cl.NCC1CCCCN1Cc1ccc(Cl)nc1. The minimum absolute atomic E-state index is 0. The fourth-order valence-electron chi connectivity index (χ4n) is 2.27. The van der Waals surface area contributed by atoms with Crippen LogP contribution in [0, 0.1) is 0 Å². The topological polar surface area (TPSA) is 42.1 Å². The molecule has 1 aromatic heterocycles. The normalized spacial score (nSPS) is 20.9. The van der Waals surface area contributed by atoms with Crippen molar-refractivity contribution in [2.75, 3.05) is 13.1 Å². The molecule has 1 unspecified atom stereocenters. The summed E-state index contributed by atoms with van der Waals surface area (Å²) < 4.78 is 0. The second-order valence-corrected chi connectivity index (χ2v) is 4.73. The largest absolute Gasteiger partial charge is 0.329 e. The highest BCUT2D eigenvalue weighted by atomic mass is 35.5. The Hall–Kier alpha value is -0.350. The van der Waals surface area contributed by atoms with Crippen LogP contribution in [0.25, 0.3) is 0 Å². The van der Waals surface area contributed by atoms with Gasteiger partial charge < -0.3 is 5.73 Å². The van der Waals surface area contributed by atoms with E-state index in [0.717, 1.165) is 19.6 Å². The number of likely N-dealkylation sites (tertiary alicyclic amines) is 1. The maximum Gasteiger partial charge on any atom is 0.129 e. The molecule has 1 saturated heterocycles. The highest BCUT2D eigenvalue weighted by Crippen LogP contribution is 2.19. The number of rotatable bonds is 3. The van der Waals surface area contributed by atoms with Gasteiger partial charge in [0, 0.05) is 25.3 Å². The lowest BCUT2D eigenvalue weighted by Gasteiger charge is -2.34. The summed E-state index contributed by atoms with van der Waals surface area (Å²) in [4.78, 5) is 6.56. The lowest BCUT2D eigenvalue weighted by Crippen LogP contribution is -2.43. The first-order chi connectivity index (χ1) is 7.79. The fraction of sp³-hybridized carbons (Fsp3) is 0.583. The molecule has 2 N–H and O–H groups in total. The van der Waals surface area contributed by atoms with Gasteiger partial charge in [-0.2, -0.15) is 0 Å². The summed E-state index contributed by atoms with van der Waals surface area (Å²) in [6, 6.07) is 4.42. The smallest absolute Gasteiger partial charge is 0.129 e. The van der Waals surface area contributed by atoms with Gasteiger partial charge in [0.15, 0.2) is 0 Å². The van der Waals surface area contributed by atoms with E-state index in [1.165, 1.54) is 24.8 Å². The van der Waals surface area contributed by atoms with Crippen LogP contribution in [0.1, 0.15) is 24.8 Å². The molecule has 0 spiro atoms. The zero-order valence-electron chi connectivity index (χ0n) is 9.81. The van der Waals surface area contributed by atoms with E-state index in [-0.39, 0.29) is 12.4 Å². The fourth-order valence-corrected chi connectivity index (χ4v) is 2.38. The number of pyridine rings is 1. The zero-order chi connectivity index (χ0) is 11.4. The van der Waals surface area contributed by atoms with Crippen molar-refractivity contribution < 1.29 is 0 Å². The molecule has 0 aliphatic carbocycles. The summed E-state index contributed by atoms with van der Waals surface area (Å²) in [5, 5.41) is 0.553. The van der Waals surface area contributed by atoms with Gasteiger partial charge in [0.25, 0.3) is 0 Å². The summed E-state index contributed by atoms with van der Waals surface area (Å²) in [6.07, 6.45) is 5.65. The van der Waals surface area contributed by atoms with Gasteiger partial charge in [-0.05, 0) is 31.0 Å². The third kappa shape index (κ3) is 4.11. The Kier molecular flexibility index (Phi) is 6.20. The summed E-state index contributed by atoms with van der Waals surface area (Å²) in [7, 11) is 0. The lowest BCUT2D eigenvalue weighted by atomic mass is 10.0. The minimum atomic E-state index is 0. The maximum atomic E-state index is 5.79. The first kappa shape index (κ1) is 14.7. The van der Waals surface area contributed by atoms with Crippen LogP contribution in [0.4, 0.5) is 0 Å². The van der Waals surface area contributed by atoms with Crippen LogP contribution >= 0.6 is 24.0 Å². The van der Waals surface area contributed by atoms with E-state index < -0.39 is 0 Å². The summed E-state index contributed by atoms with van der Waals surface area (Å²) >= 11 is 5.77. The molecule has 1 aliphatic heterocycles. The van der Waals surface area contributed by atoms with E-state index in [1.54, 1.807) is 0 Å². The molecule has 1 fully saturated rings. The van der Waals surface area contributed by atoms with Crippen molar-refractivity contribution in [1.82, 2.24) is 9.88 Å². The van der Waals surface area contributed by atoms with Gasteiger partial charge in [-0.1, -0.05) is 24.1 Å². The molecule has 0 aromatic carbocycles. The van der Waals surface area contributed by atoms with Gasteiger partial charge in [-0.15, -0.1) is 12.4 Å². The number of piperidine rings is 1. The third-order valence-electron chi connectivity index (χ3n) is 3.20. The van der Waals surface area contributed by atoms with Crippen molar-refractivity contribution >= 4 is 24.0 Å². The minimum Gasteiger partial charge on any atom is -0.329 e. The zero-order valence-corrected chi connectivity index (χ0v) is 11.4. The number of hydrogen-bond acceptors (Lipinski definition) is 3. The molecule has 1 aromatic rings. The Morgan fingerprint density at radius 3 is 2.88 bits per heavy atom. The highest BCUT2D eigenvalue weighted by molar-refractivity contribution is 6.29. The molecule has 96 valence electrons. The number of aromatic nitrogens is 1. The number of nitrogens with two attached hydrogens (primary N) is 1. The monoisotopic (exact) mass is 275 g/mol. The van der Waals surface area contributed by atoms with Crippen LogP contribution < -0.4 is 5.73 Å². The number of nitrogens with zero attached hydrogens (tertiary/aromatic N) is 2. The van der Waals surface area contributed by atoms with Crippen LogP contribution in [0.15, 0.2) is 18.3 Å². The van der Waals surface area contributed by atoms with Crippen LogP contribution in [0.3, 0.4) is 0 Å². The summed E-state index contributed by atoms with van der Waals surface area (Å²) in [5.41, 5.74) is 7.01. The first-order valence-corrected chi connectivity index (χ1v) is 6.22. The highest BCUT2D eigenvalue weighted by Gasteiger charge is 2.20. The van der Waals surface area contributed by atoms with Gasteiger partial charge in [-0.25, -0.2) is 4.98 Å². The van der Waals surface area contributed by atoms with Gasteiger partial charge in [0.05, 0.1) is 0 Å². The average Bonchev–Trinajstić information content (AvgIpc) is 2.33. The molecular formula is C12H19Cl2N3. The molecule has 1 atom stereocenters. The lowest BCUT2D eigenvalue weighted by molar-refractivity contribution is 0.145. The van der Waals surface area contributed by atoms with Crippen LogP contribution in [0.2, 0.25) is 5.15 Å². The van der Waals surface area contributed by atoms with E-state index in [0.29, 0.717) is 11.2 Å². The van der Waals surface area contributed by atoms with Crippen LogP contribution in [0.5, 0.6) is 0 Å². The maximum absolute atomic E-state index is 5.79. The Balaban J connectivity index is 0.00000144. The molecule has 0 bridgehead atoms. The summed E-state index contributed by atoms with van der Waals surface area (Å²) in [5.74, 6) is 0. The second-order valence-electron chi connectivity index (χ2n) is 4.34. The van der Waals surface area contributed by atoms with E-state index in [4.69, 9.17) is 17.3 Å². The predicted octanol–water partition coefficient (Wildman–Crippen LogP) is 2.47. The molecule has 2 rings (SSSR count). The van der Waals surface area contributed by atoms with Crippen molar-refractivity contribution in [2.45, 2.75) is 31.8 Å². The molecule has 0 radical (unpaired) electrons. The number of hydrogen-bond donors (Lipinski definition) is 1. The number of halogens is 2. The van der Waals surface area contributed by atoms with Crippen molar-refractivity contribution in [3.05, 3.63) is 29.0 Å². The first-order valence-electron chi connectivity index (χ1n) is 5.84. The van der Waals surface area contributed by atoms with Crippen molar-refractivity contribution in [1.29, 1.82) is 0 Å². The van der Waals surface area contributed by atoms with Crippen LogP contribution in [-0.2, 0) is 6.54 Å². The van der Waals surface area contributed by atoms with Gasteiger partial charge in [0.2, 0.25) is 0 Å². The Bertz CT molecular complexity index is 329. The Labute approximate surface area is 114 Å². The van der Waals surface area contributed by atoms with E-state index in [9.17, 15) is 0 Å². The van der Waals surface area contributed by atoms with Crippen molar-refractivity contribution in [3.8, 4) is 0 Å². The van der Waals surface area contributed by atoms with Crippen molar-refractivity contribution in [3.63, 3.8) is 0 Å². The second kappa shape index (κ2) is 7.17. The van der Waals surface area contributed by atoms with Gasteiger partial charge in [-0.3, -0.25) is 4.90 Å². The Morgan fingerprint density at radius 1 is 1.41 bits per heavy atom. The quantitative estimate of drug-likeness (QED) is 0.862. The molecular weight excluding hydrogens is 257 g/mol. The van der Waals surface area contributed by atoms with Gasteiger partial charge in [0.1, 0.15) is 5.15 Å². The molecule has 1 aliphatic rings. The van der Waals surface area contributed by atoms with E-state index in [2.05, 4.69) is 9.88 Å². The molecule has 17 heavy (non-hydrogen) atoms. The average molecular weight is 276 g/mol. The summed E-state index contributed by atoms with van der Waals surface area (Å²) in [6.45, 7) is 2.83. The third-order valence-corrected chi connectivity index (χ3v) is 3.42. The molecule has 0 saturated carbocycles. The molecule has 5 heteroatoms. The van der Waals surface area contributed by atoms with Crippen molar-refractivity contribution in [2.24, 2.45) is 5.73 Å². The Morgan fingerprint density at radius 2 is 2.24 bits per heavy atom. The molecule has 2 heterocycles. The van der Waals surface area contributed by atoms with E-state index in [1.807, 2.05) is 18.3 Å². The standard InChI is InChI=1S/C12H18ClN3.ClH/c13-12-5-4-10(8-15-12)9-16-6-2-1-3-11(16)7-14;/h4-5,8,11H,1-3,6-7,9,14H2;1H. The van der Waals surface area contributed by atoms with Gasteiger partial charge >= 0.3 is 0 Å². The van der Waals surface area contributed by atoms with E-state index >= 15 is 0 Å². The van der Waals surface area contributed by atoms with Crippen LogP contribution in [-0.4, -0.2) is 29.0 Å². The predicted molar refractivity (Wildman–Crippen MR) is 73.6 cm³/mol. The molecule has 3 nitrogen and oxygen atoms in total. The molecule has 0 amide bonds.